The summed E-state index contributed by atoms with van der Waals surface area (Å²) in [4.78, 5) is 12.4. The van der Waals surface area contributed by atoms with Gasteiger partial charge in [-0.25, -0.2) is 0 Å². The Hall–Kier alpha value is -2.49. The largest absolute Gasteiger partial charge is 0.494 e. The van der Waals surface area contributed by atoms with E-state index in [0.29, 0.717) is 11.7 Å². The Labute approximate surface area is 162 Å². The summed E-state index contributed by atoms with van der Waals surface area (Å²) in [5.41, 5.74) is 1.97. The lowest BCUT2D eigenvalue weighted by molar-refractivity contribution is -0.122. The Morgan fingerprint density at radius 3 is 2.15 bits per heavy atom. The molecular weight excluding hydrogens is 338 g/mol. The highest BCUT2D eigenvalue weighted by atomic mass is 16.5. The van der Waals surface area contributed by atoms with E-state index >= 15 is 0 Å². The minimum Gasteiger partial charge on any atom is -0.494 e. The van der Waals surface area contributed by atoms with Gasteiger partial charge in [0.25, 0.3) is 5.91 Å². The van der Waals surface area contributed by atoms with Gasteiger partial charge in [-0.05, 0) is 61.2 Å². The maximum absolute atomic E-state index is 12.4. The molecule has 0 heterocycles. The van der Waals surface area contributed by atoms with Crippen LogP contribution in [0, 0.1) is 0 Å². The summed E-state index contributed by atoms with van der Waals surface area (Å²) in [6.07, 6.45) is 2.82. The molecule has 0 aliphatic rings. The summed E-state index contributed by atoms with van der Waals surface area (Å²) in [6.45, 7) is 8.93. The molecule has 0 bridgehead atoms. The summed E-state index contributed by atoms with van der Waals surface area (Å²) in [5, 5.41) is 2.88. The highest BCUT2D eigenvalue weighted by Gasteiger charge is 2.15. The number of hydrogen-bond donors (Lipinski definition) is 1. The third-order valence-electron chi connectivity index (χ3n) is 4.37. The zero-order chi connectivity index (χ0) is 19.6. The molecule has 0 spiro atoms. The second-order valence-corrected chi connectivity index (χ2v) is 7.05. The van der Waals surface area contributed by atoms with Gasteiger partial charge in [-0.1, -0.05) is 45.7 Å². The minimum atomic E-state index is -0.583. The van der Waals surface area contributed by atoms with Gasteiger partial charge in [0.1, 0.15) is 11.5 Å². The van der Waals surface area contributed by atoms with E-state index in [2.05, 4.69) is 26.1 Å². The Morgan fingerprint density at radius 1 is 0.926 bits per heavy atom. The fourth-order valence-electron chi connectivity index (χ4n) is 2.61. The number of unbranched alkanes of at least 4 members (excludes halogenated alkanes) is 2. The Balaban J connectivity index is 1.82. The van der Waals surface area contributed by atoms with Gasteiger partial charge in [0.2, 0.25) is 0 Å². The lowest BCUT2D eigenvalue weighted by Gasteiger charge is -2.16. The van der Waals surface area contributed by atoms with Crippen molar-refractivity contribution >= 4 is 11.6 Å². The molecule has 2 rings (SSSR count). The van der Waals surface area contributed by atoms with Crippen molar-refractivity contribution in [1.29, 1.82) is 0 Å². The van der Waals surface area contributed by atoms with Crippen molar-refractivity contribution < 1.29 is 14.3 Å². The van der Waals surface area contributed by atoms with Crippen LogP contribution < -0.4 is 14.8 Å². The number of benzene rings is 2. The number of hydrogen-bond acceptors (Lipinski definition) is 3. The molecule has 0 fully saturated rings. The molecule has 4 heteroatoms. The van der Waals surface area contributed by atoms with Crippen LogP contribution in [0.1, 0.15) is 58.4 Å². The highest BCUT2D eigenvalue weighted by Crippen LogP contribution is 2.20. The number of amides is 1. The first-order valence-corrected chi connectivity index (χ1v) is 9.80. The van der Waals surface area contributed by atoms with Crippen LogP contribution >= 0.6 is 0 Å². The zero-order valence-electron chi connectivity index (χ0n) is 16.8. The summed E-state index contributed by atoms with van der Waals surface area (Å²) in [7, 11) is 0. The van der Waals surface area contributed by atoms with E-state index in [1.807, 2.05) is 48.5 Å². The summed E-state index contributed by atoms with van der Waals surface area (Å²) in [6, 6.07) is 15.3. The third-order valence-corrected chi connectivity index (χ3v) is 4.37. The van der Waals surface area contributed by atoms with E-state index in [-0.39, 0.29) is 5.91 Å². The van der Waals surface area contributed by atoms with Crippen LogP contribution in [0.2, 0.25) is 0 Å². The first-order valence-electron chi connectivity index (χ1n) is 9.80. The topological polar surface area (TPSA) is 47.6 Å². The van der Waals surface area contributed by atoms with Gasteiger partial charge in [0.05, 0.1) is 6.61 Å². The fourth-order valence-corrected chi connectivity index (χ4v) is 2.61. The van der Waals surface area contributed by atoms with Crippen LogP contribution in [-0.4, -0.2) is 18.6 Å². The molecule has 2 aromatic rings. The molecule has 4 nitrogen and oxygen atoms in total. The van der Waals surface area contributed by atoms with E-state index in [9.17, 15) is 4.79 Å². The quantitative estimate of drug-likeness (QED) is 0.540. The monoisotopic (exact) mass is 369 g/mol. The molecule has 1 amide bonds. The fraction of sp³-hybridized carbons (Fsp3) is 0.435. The normalized spacial score (nSPS) is 11.9. The zero-order valence-corrected chi connectivity index (χ0v) is 16.8. The summed E-state index contributed by atoms with van der Waals surface area (Å²) in [5.74, 6) is 1.80. The Kier molecular flexibility index (Phi) is 8.18. The van der Waals surface area contributed by atoms with E-state index in [4.69, 9.17) is 9.47 Å². The predicted molar refractivity (Wildman–Crippen MR) is 111 cm³/mol. The summed E-state index contributed by atoms with van der Waals surface area (Å²) < 4.78 is 11.4. The Morgan fingerprint density at radius 2 is 1.56 bits per heavy atom. The molecule has 2 aromatic carbocycles. The molecule has 0 aromatic heterocycles. The second kappa shape index (κ2) is 10.6. The number of ether oxygens (including phenoxy) is 2. The molecule has 1 unspecified atom stereocenters. The van der Waals surface area contributed by atoms with Crippen LogP contribution in [0.5, 0.6) is 11.5 Å². The van der Waals surface area contributed by atoms with Crippen LogP contribution in [0.25, 0.3) is 0 Å². The van der Waals surface area contributed by atoms with Crippen molar-refractivity contribution in [2.45, 2.75) is 59.0 Å². The Bertz CT molecular complexity index is 693. The molecule has 0 aliphatic carbocycles. The van der Waals surface area contributed by atoms with Gasteiger partial charge in [-0.3, -0.25) is 4.79 Å². The average Bonchev–Trinajstić information content (AvgIpc) is 2.67. The van der Waals surface area contributed by atoms with E-state index in [1.165, 1.54) is 18.4 Å². The van der Waals surface area contributed by atoms with Crippen molar-refractivity contribution in [2.75, 3.05) is 11.9 Å². The molecule has 1 N–H and O–H groups in total. The van der Waals surface area contributed by atoms with Gasteiger partial charge in [-0.15, -0.1) is 0 Å². The maximum atomic E-state index is 12.4. The van der Waals surface area contributed by atoms with Crippen molar-refractivity contribution in [3.63, 3.8) is 0 Å². The van der Waals surface area contributed by atoms with Crippen molar-refractivity contribution in [2.24, 2.45) is 0 Å². The molecule has 0 aliphatic heterocycles. The van der Waals surface area contributed by atoms with Gasteiger partial charge < -0.3 is 14.8 Å². The molecule has 146 valence electrons. The number of rotatable bonds is 10. The van der Waals surface area contributed by atoms with Crippen LogP contribution in [0.15, 0.2) is 48.5 Å². The average molecular weight is 370 g/mol. The van der Waals surface area contributed by atoms with Crippen molar-refractivity contribution in [3.05, 3.63) is 54.1 Å². The van der Waals surface area contributed by atoms with Gasteiger partial charge >= 0.3 is 0 Å². The van der Waals surface area contributed by atoms with Crippen molar-refractivity contribution in [3.8, 4) is 11.5 Å². The standard InChI is InChI=1S/C23H31NO3/c1-5-6-7-16-26-21-14-10-20(11-15-21)24-23(25)18(4)27-22-12-8-19(9-13-22)17(2)3/h8-15,17-18H,5-7,16H2,1-4H3,(H,24,25). The van der Waals surface area contributed by atoms with Gasteiger partial charge in [-0.2, -0.15) is 0 Å². The van der Waals surface area contributed by atoms with Gasteiger partial charge in [0.15, 0.2) is 6.10 Å². The van der Waals surface area contributed by atoms with E-state index in [1.54, 1.807) is 6.92 Å². The predicted octanol–water partition coefficient (Wildman–Crippen LogP) is 5.79. The van der Waals surface area contributed by atoms with Crippen LogP contribution in [-0.2, 0) is 4.79 Å². The van der Waals surface area contributed by atoms with Gasteiger partial charge in [0, 0.05) is 5.69 Å². The number of anilines is 1. The molecule has 27 heavy (non-hydrogen) atoms. The third kappa shape index (κ3) is 6.97. The lowest BCUT2D eigenvalue weighted by Crippen LogP contribution is -2.30. The first-order chi connectivity index (χ1) is 13.0. The molecular formula is C23H31NO3. The second-order valence-electron chi connectivity index (χ2n) is 7.05. The van der Waals surface area contributed by atoms with E-state index < -0.39 is 6.10 Å². The first kappa shape index (κ1) is 20.8. The van der Waals surface area contributed by atoms with E-state index in [0.717, 1.165) is 24.5 Å². The van der Waals surface area contributed by atoms with Crippen LogP contribution in [0.4, 0.5) is 5.69 Å². The highest BCUT2D eigenvalue weighted by molar-refractivity contribution is 5.94. The van der Waals surface area contributed by atoms with Crippen molar-refractivity contribution in [1.82, 2.24) is 0 Å². The SMILES string of the molecule is CCCCCOc1ccc(NC(=O)C(C)Oc2ccc(C(C)C)cc2)cc1. The number of carbonyl (C=O) groups excluding carboxylic acids is 1. The van der Waals surface area contributed by atoms with Crippen LogP contribution in [0.3, 0.4) is 0 Å². The maximum Gasteiger partial charge on any atom is 0.265 e. The molecule has 0 radical (unpaired) electrons. The number of carbonyl (C=O) groups is 1. The number of nitrogens with one attached hydrogen (secondary N) is 1. The molecule has 0 saturated heterocycles. The summed E-state index contributed by atoms with van der Waals surface area (Å²) >= 11 is 0. The minimum absolute atomic E-state index is 0.181. The smallest absolute Gasteiger partial charge is 0.265 e. The lowest BCUT2D eigenvalue weighted by atomic mass is 10.0. The molecule has 0 saturated carbocycles. The molecule has 1 atom stereocenters.